The molecule has 7 unspecified atom stereocenters. The topological polar surface area (TPSA) is 160 Å². The van der Waals surface area contributed by atoms with E-state index in [-0.39, 0.29) is 45.7 Å². The monoisotopic (exact) mass is 554 g/mol. The first-order valence-electron chi connectivity index (χ1n) is 13.2. The summed E-state index contributed by atoms with van der Waals surface area (Å²) in [6, 6.07) is 1.57. The van der Waals surface area contributed by atoms with Crippen molar-refractivity contribution >= 4 is 11.6 Å². The van der Waals surface area contributed by atoms with Gasteiger partial charge < -0.3 is 44.8 Å². The van der Waals surface area contributed by atoms with Gasteiger partial charge >= 0.3 is 0 Å². The average molecular weight is 555 g/mol. The first-order valence-corrected chi connectivity index (χ1v) is 13.2. The number of phenols is 2. The largest absolute Gasteiger partial charge is 0.507 e. The number of hydrogen-bond donors (Lipinski definition) is 5. The molecule has 0 aromatic heterocycles. The van der Waals surface area contributed by atoms with Gasteiger partial charge in [-0.1, -0.05) is 0 Å². The molecule has 2 aromatic rings. The molecule has 0 saturated carbocycles. The zero-order valence-electron chi connectivity index (χ0n) is 23.2. The zero-order valence-corrected chi connectivity index (χ0v) is 23.2. The van der Waals surface area contributed by atoms with Crippen molar-refractivity contribution in [1.82, 2.24) is 9.80 Å². The number of aliphatic hydroxyl groups is 3. The number of ketones is 2. The summed E-state index contributed by atoms with van der Waals surface area (Å²) in [6.07, 6.45) is -3.37. The Morgan fingerprint density at radius 1 is 0.950 bits per heavy atom. The number of fused-ring (bicyclic) bond motifs is 8. The molecule has 2 aliphatic heterocycles. The first-order chi connectivity index (χ1) is 18.6. The highest BCUT2D eigenvalue weighted by Crippen LogP contribution is 2.54. The fourth-order valence-electron chi connectivity index (χ4n) is 7.03. The second kappa shape index (κ2) is 8.48. The number of benzene rings is 2. The minimum Gasteiger partial charge on any atom is -0.507 e. The molecule has 214 valence electrons. The molecule has 11 heteroatoms. The lowest BCUT2D eigenvalue weighted by Crippen LogP contribution is -2.68. The van der Waals surface area contributed by atoms with E-state index in [0.29, 0.717) is 17.5 Å². The van der Waals surface area contributed by atoms with Crippen molar-refractivity contribution in [2.24, 2.45) is 0 Å². The Morgan fingerprint density at radius 3 is 2.25 bits per heavy atom. The predicted molar refractivity (Wildman–Crippen MR) is 141 cm³/mol. The molecule has 7 atom stereocenters. The summed E-state index contributed by atoms with van der Waals surface area (Å²) in [5, 5.41) is 55.8. The van der Waals surface area contributed by atoms with Gasteiger partial charge in [0.25, 0.3) is 0 Å². The maximum atomic E-state index is 14.2. The quantitative estimate of drug-likeness (QED) is 0.305. The molecule has 2 aliphatic carbocycles. The van der Waals surface area contributed by atoms with Crippen LogP contribution in [-0.4, -0.2) is 105 Å². The van der Waals surface area contributed by atoms with Crippen molar-refractivity contribution in [3.63, 3.8) is 0 Å². The Kier molecular flexibility index (Phi) is 5.75. The van der Waals surface area contributed by atoms with Gasteiger partial charge in [0.15, 0.2) is 5.78 Å². The third-order valence-corrected chi connectivity index (χ3v) is 9.01. The van der Waals surface area contributed by atoms with Gasteiger partial charge in [0.05, 0.1) is 28.3 Å². The van der Waals surface area contributed by atoms with E-state index >= 15 is 0 Å². The molecular formula is C29H34N2O9. The molecule has 1 saturated heterocycles. The Balaban J connectivity index is 1.58. The molecule has 1 fully saturated rings. The maximum absolute atomic E-state index is 14.2. The van der Waals surface area contributed by atoms with Gasteiger partial charge in [-0.15, -0.1) is 0 Å². The molecule has 0 spiro atoms. The van der Waals surface area contributed by atoms with Gasteiger partial charge in [0, 0.05) is 29.2 Å². The van der Waals surface area contributed by atoms with Crippen molar-refractivity contribution in [2.75, 3.05) is 28.2 Å². The molecule has 5 N–H and O–H groups in total. The number of rotatable bonds is 2. The lowest BCUT2D eigenvalue weighted by molar-refractivity contribution is -0.311. The fraction of sp³-hybridized carbons (Fsp3) is 0.517. The molecular weight excluding hydrogens is 520 g/mol. The number of aliphatic hydroxyl groups excluding tert-OH is 2. The number of phenolic OH excluding ortho intramolecular Hbond substituents is 2. The van der Waals surface area contributed by atoms with Crippen molar-refractivity contribution in [2.45, 2.75) is 68.5 Å². The summed E-state index contributed by atoms with van der Waals surface area (Å²) >= 11 is 0. The second-order valence-electron chi connectivity index (χ2n) is 12.4. The zero-order chi connectivity index (χ0) is 29.2. The minimum absolute atomic E-state index is 0.0683. The smallest absolute Gasteiger partial charge is 0.228 e. The maximum Gasteiger partial charge on any atom is 0.228 e. The van der Waals surface area contributed by atoms with Crippen LogP contribution in [0.5, 0.6) is 17.2 Å². The molecule has 0 amide bonds. The van der Waals surface area contributed by atoms with Crippen molar-refractivity contribution in [3.8, 4) is 17.2 Å². The van der Waals surface area contributed by atoms with E-state index in [0.717, 1.165) is 0 Å². The van der Waals surface area contributed by atoms with Crippen LogP contribution in [0.3, 0.4) is 0 Å². The lowest BCUT2D eigenvalue weighted by Gasteiger charge is -2.53. The highest BCUT2D eigenvalue weighted by Gasteiger charge is 2.59. The van der Waals surface area contributed by atoms with E-state index in [9.17, 15) is 35.1 Å². The number of nitrogens with zero attached hydrogens (tertiary/aromatic N) is 2. The summed E-state index contributed by atoms with van der Waals surface area (Å²) < 4.78 is 12.0. The second-order valence-corrected chi connectivity index (χ2v) is 12.4. The first kappa shape index (κ1) is 27.1. The third kappa shape index (κ3) is 3.45. The third-order valence-electron chi connectivity index (χ3n) is 9.01. The van der Waals surface area contributed by atoms with Crippen molar-refractivity contribution in [3.05, 3.63) is 51.1 Å². The van der Waals surface area contributed by atoms with Gasteiger partial charge in [-0.3, -0.25) is 9.59 Å². The Morgan fingerprint density at radius 2 is 1.62 bits per heavy atom. The van der Waals surface area contributed by atoms with Gasteiger partial charge in [-0.2, -0.15) is 0 Å². The standard InChI is InChI=1S/C29H34N2O9/c1-28(38)9-11-7-12-17(22(34)16(11)14(10-28)30(3)4)23(35)18-15(32)8-13-25(19(18)21(12)33)39-27-24(36)20(31(5)6)26(37)29(13,2)40-27/h7-8,14,20,24,26-27,32,34,36-38H,9-10H2,1-6H3. The van der Waals surface area contributed by atoms with Crippen LogP contribution in [0.25, 0.3) is 0 Å². The number of aromatic hydroxyl groups is 2. The molecule has 4 aliphatic rings. The van der Waals surface area contributed by atoms with Crippen LogP contribution < -0.4 is 4.74 Å². The molecule has 2 heterocycles. The van der Waals surface area contributed by atoms with E-state index in [1.165, 1.54) is 12.1 Å². The van der Waals surface area contributed by atoms with Crippen molar-refractivity contribution < 1.29 is 44.6 Å². The Bertz CT molecular complexity index is 1480. The van der Waals surface area contributed by atoms with Crippen LogP contribution in [0.15, 0.2) is 12.1 Å². The molecule has 2 aromatic carbocycles. The minimum atomic E-state index is -1.49. The summed E-state index contributed by atoms with van der Waals surface area (Å²) in [5.74, 6) is -2.36. The summed E-state index contributed by atoms with van der Waals surface area (Å²) in [5.41, 5.74) is -2.27. The number of carbonyl (C=O) groups excluding carboxylic acids is 2. The molecule has 2 bridgehead atoms. The van der Waals surface area contributed by atoms with Crippen LogP contribution >= 0.6 is 0 Å². The van der Waals surface area contributed by atoms with Gasteiger partial charge in [0.2, 0.25) is 12.1 Å². The summed E-state index contributed by atoms with van der Waals surface area (Å²) in [6.45, 7) is 3.26. The van der Waals surface area contributed by atoms with Crippen LogP contribution in [0.4, 0.5) is 0 Å². The number of hydrogen-bond acceptors (Lipinski definition) is 11. The lowest BCUT2D eigenvalue weighted by atomic mass is 9.71. The normalized spacial score (nSPS) is 34.2. The number of likely N-dealkylation sites (N-methyl/N-ethyl adjacent to an activating group) is 1. The number of ether oxygens (including phenoxy) is 2. The van der Waals surface area contributed by atoms with E-state index in [4.69, 9.17) is 9.47 Å². The Hall–Kier alpha value is -3.06. The van der Waals surface area contributed by atoms with E-state index in [1.54, 1.807) is 46.9 Å². The van der Waals surface area contributed by atoms with E-state index in [2.05, 4.69) is 0 Å². The highest BCUT2D eigenvalue weighted by atomic mass is 16.7. The molecule has 0 radical (unpaired) electrons. The van der Waals surface area contributed by atoms with Gasteiger partial charge in [-0.05, 0) is 66.2 Å². The van der Waals surface area contributed by atoms with E-state index < -0.39 is 59.1 Å². The van der Waals surface area contributed by atoms with Crippen LogP contribution in [-0.2, 0) is 16.8 Å². The summed E-state index contributed by atoms with van der Waals surface area (Å²) in [4.78, 5) is 31.6. The van der Waals surface area contributed by atoms with Crippen LogP contribution in [0.2, 0.25) is 0 Å². The van der Waals surface area contributed by atoms with Crippen LogP contribution in [0.1, 0.15) is 74.8 Å². The Labute approximate surface area is 231 Å². The van der Waals surface area contributed by atoms with Gasteiger partial charge in [0.1, 0.15) is 35.1 Å². The molecule has 6 rings (SSSR count). The summed E-state index contributed by atoms with van der Waals surface area (Å²) in [7, 11) is 6.99. The molecule has 40 heavy (non-hydrogen) atoms. The van der Waals surface area contributed by atoms with Crippen LogP contribution in [0, 0.1) is 0 Å². The highest BCUT2D eigenvalue weighted by molar-refractivity contribution is 6.31. The number of carbonyl (C=O) groups is 2. The van der Waals surface area contributed by atoms with Crippen molar-refractivity contribution in [1.29, 1.82) is 0 Å². The van der Waals surface area contributed by atoms with E-state index in [1.807, 2.05) is 4.90 Å². The van der Waals surface area contributed by atoms with Gasteiger partial charge in [-0.25, -0.2) is 0 Å². The molecule has 11 nitrogen and oxygen atoms in total. The fourth-order valence-corrected chi connectivity index (χ4v) is 7.03. The SMILES string of the molecule is CN(C)C1CC(C)(O)Cc2cc3c(c(O)c21)C(=O)c1c(O)cc2c(c1C3=O)OC1OC2(C)C(O)C(N(C)C)C1O. The predicted octanol–water partition coefficient (Wildman–Crippen LogP) is 0.789. The average Bonchev–Trinajstić information content (AvgIpc) is 2.84.